The van der Waals surface area contributed by atoms with Crippen LogP contribution in [0.2, 0.25) is 0 Å². The molecule has 0 atom stereocenters. The van der Waals surface area contributed by atoms with Gasteiger partial charge in [0.15, 0.2) is 0 Å². The van der Waals surface area contributed by atoms with Gasteiger partial charge in [0.1, 0.15) is 5.82 Å². The Hall–Kier alpha value is -3.64. The molecule has 0 N–H and O–H groups in total. The topological polar surface area (TPSA) is 55.2 Å². The molecule has 2 heterocycles. The SMILES string of the molecule is CSc1ccccc1C(=O)N1CCc2c(nc(C)n(C(c3ccccc3)c3ccccc3)c2=O)C1. The molecule has 5 nitrogen and oxygen atoms in total. The lowest BCUT2D eigenvalue weighted by atomic mass is 9.97. The van der Waals surface area contributed by atoms with Crippen LogP contribution >= 0.6 is 11.8 Å². The predicted molar refractivity (Wildman–Crippen MR) is 140 cm³/mol. The first kappa shape index (κ1) is 23.1. The van der Waals surface area contributed by atoms with E-state index in [2.05, 4.69) is 0 Å². The first-order valence-electron chi connectivity index (χ1n) is 11.7. The van der Waals surface area contributed by atoms with Gasteiger partial charge in [0, 0.05) is 17.0 Å². The van der Waals surface area contributed by atoms with Gasteiger partial charge in [-0.3, -0.25) is 14.2 Å². The van der Waals surface area contributed by atoms with Crippen LogP contribution in [0.1, 0.15) is 44.6 Å². The fourth-order valence-corrected chi connectivity index (χ4v) is 5.44. The van der Waals surface area contributed by atoms with Crippen molar-refractivity contribution < 1.29 is 4.79 Å². The molecule has 0 saturated carbocycles. The van der Waals surface area contributed by atoms with Crippen molar-refractivity contribution in [3.63, 3.8) is 0 Å². The van der Waals surface area contributed by atoms with Gasteiger partial charge in [0.05, 0.1) is 23.8 Å². The lowest BCUT2D eigenvalue weighted by molar-refractivity contribution is 0.0727. The summed E-state index contributed by atoms with van der Waals surface area (Å²) in [5, 5.41) is 0. The van der Waals surface area contributed by atoms with Crippen LogP contribution in [-0.4, -0.2) is 33.2 Å². The van der Waals surface area contributed by atoms with Crippen LogP contribution < -0.4 is 5.56 Å². The molecule has 0 spiro atoms. The first-order chi connectivity index (χ1) is 17.1. The molecule has 0 bridgehead atoms. The van der Waals surface area contributed by atoms with Gasteiger partial charge in [-0.25, -0.2) is 4.98 Å². The van der Waals surface area contributed by atoms with Gasteiger partial charge in [0.2, 0.25) is 0 Å². The van der Waals surface area contributed by atoms with Gasteiger partial charge in [-0.15, -0.1) is 11.8 Å². The number of carbonyl (C=O) groups excluding carboxylic acids is 1. The molecule has 0 aliphatic carbocycles. The van der Waals surface area contributed by atoms with Gasteiger partial charge in [-0.05, 0) is 42.9 Å². The summed E-state index contributed by atoms with van der Waals surface area (Å²) >= 11 is 1.56. The molecular formula is C29H27N3O2S. The van der Waals surface area contributed by atoms with Crippen molar-refractivity contribution in [1.29, 1.82) is 0 Å². The van der Waals surface area contributed by atoms with Gasteiger partial charge in [-0.1, -0.05) is 72.8 Å². The summed E-state index contributed by atoms with van der Waals surface area (Å²) < 4.78 is 1.81. The molecule has 0 radical (unpaired) electrons. The molecular weight excluding hydrogens is 454 g/mol. The summed E-state index contributed by atoms with van der Waals surface area (Å²) in [7, 11) is 0. The first-order valence-corrected chi connectivity index (χ1v) is 12.9. The quantitative estimate of drug-likeness (QED) is 0.372. The van der Waals surface area contributed by atoms with Crippen molar-refractivity contribution in [1.82, 2.24) is 14.5 Å². The number of fused-ring (bicyclic) bond motifs is 1. The molecule has 176 valence electrons. The summed E-state index contributed by atoms with van der Waals surface area (Å²) in [4.78, 5) is 34.8. The minimum absolute atomic E-state index is 0.0179. The number of benzene rings is 3. The van der Waals surface area contributed by atoms with E-state index in [1.807, 2.05) is 103 Å². The van der Waals surface area contributed by atoms with Crippen molar-refractivity contribution in [2.75, 3.05) is 12.8 Å². The molecule has 6 heteroatoms. The smallest absolute Gasteiger partial charge is 0.257 e. The fourth-order valence-electron chi connectivity index (χ4n) is 4.85. The Morgan fingerprint density at radius 2 is 1.51 bits per heavy atom. The largest absolute Gasteiger partial charge is 0.332 e. The number of hydrogen-bond donors (Lipinski definition) is 0. The number of hydrogen-bond acceptors (Lipinski definition) is 4. The fraction of sp³-hybridized carbons (Fsp3) is 0.207. The molecule has 4 aromatic rings. The number of amides is 1. The second-order valence-corrected chi connectivity index (χ2v) is 9.51. The summed E-state index contributed by atoms with van der Waals surface area (Å²) in [5.74, 6) is 0.626. The second kappa shape index (κ2) is 9.92. The van der Waals surface area contributed by atoms with Crippen LogP contribution in [0.4, 0.5) is 0 Å². The highest BCUT2D eigenvalue weighted by Crippen LogP contribution is 2.28. The van der Waals surface area contributed by atoms with Crippen molar-refractivity contribution in [3.05, 3.63) is 129 Å². The highest BCUT2D eigenvalue weighted by molar-refractivity contribution is 7.98. The van der Waals surface area contributed by atoms with E-state index in [9.17, 15) is 9.59 Å². The van der Waals surface area contributed by atoms with E-state index < -0.39 is 0 Å². The number of nitrogens with zero attached hydrogens (tertiary/aromatic N) is 3. The molecule has 35 heavy (non-hydrogen) atoms. The van der Waals surface area contributed by atoms with Gasteiger partial charge >= 0.3 is 0 Å². The Morgan fingerprint density at radius 3 is 2.14 bits per heavy atom. The third kappa shape index (κ3) is 4.42. The minimum Gasteiger partial charge on any atom is -0.332 e. The van der Waals surface area contributed by atoms with Gasteiger partial charge < -0.3 is 4.90 Å². The maximum absolute atomic E-state index is 13.9. The Balaban J connectivity index is 1.55. The zero-order valence-corrected chi connectivity index (χ0v) is 20.7. The van der Waals surface area contributed by atoms with Gasteiger partial charge in [0.25, 0.3) is 11.5 Å². The lowest BCUT2D eigenvalue weighted by Gasteiger charge is -2.31. The van der Waals surface area contributed by atoms with Crippen LogP contribution in [0.5, 0.6) is 0 Å². The molecule has 1 aliphatic rings. The standard InChI is InChI=1S/C29H27N3O2S/c1-20-30-25-19-31(28(33)24-15-9-10-16-26(24)35-2)18-17-23(25)29(34)32(20)27(21-11-5-3-6-12-21)22-13-7-4-8-14-22/h3-16,27H,17-19H2,1-2H3. The van der Waals surface area contributed by atoms with Crippen LogP contribution in [-0.2, 0) is 13.0 Å². The van der Waals surface area contributed by atoms with Gasteiger partial charge in [-0.2, -0.15) is 0 Å². The Labute approximate surface area is 209 Å². The number of aromatic nitrogens is 2. The Bertz CT molecular complexity index is 1380. The van der Waals surface area contributed by atoms with Crippen LogP contribution in [0.25, 0.3) is 0 Å². The van der Waals surface area contributed by atoms with Crippen molar-refractivity contribution in [2.45, 2.75) is 30.8 Å². The summed E-state index contributed by atoms with van der Waals surface area (Å²) in [6, 6.07) is 27.5. The average Bonchev–Trinajstić information content (AvgIpc) is 2.91. The monoisotopic (exact) mass is 481 g/mol. The zero-order chi connectivity index (χ0) is 24.4. The van der Waals surface area contributed by atoms with E-state index in [0.29, 0.717) is 42.2 Å². The third-order valence-corrected chi connectivity index (χ3v) is 7.35. The molecule has 3 aromatic carbocycles. The highest BCUT2D eigenvalue weighted by Gasteiger charge is 2.29. The average molecular weight is 482 g/mol. The minimum atomic E-state index is -0.268. The van der Waals surface area contributed by atoms with Crippen molar-refractivity contribution >= 4 is 17.7 Å². The zero-order valence-electron chi connectivity index (χ0n) is 19.8. The van der Waals surface area contributed by atoms with E-state index in [1.54, 1.807) is 16.7 Å². The maximum Gasteiger partial charge on any atom is 0.257 e. The molecule has 0 unspecified atom stereocenters. The molecule has 1 aromatic heterocycles. The molecule has 5 rings (SSSR count). The Morgan fingerprint density at radius 1 is 0.914 bits per heavy atom. The van der Waals surface area contributed by atoms with Crippen molar-refractivity contribution in [3.8, 4) is 0 Å². The Kier molecular flexibility index (Phi) is 6.55. The molecule has 1 amide bonds. The van der Waals surface area contributed by atoms with E-state index in [1.165, 1.54) is 0 Å². The lowest BCUT2D eigenvalue weighted by Crippen LogP contribution is -2.42. The molecule has 0 saturated heterocycles. The van der Waals surface area contributed by atoms with E-state index >= 15 is 0 Å². The number of aryl methyl sites for hydroxylation is 1. The predicted octanol–water partition coefficient (Wildman–Crippen LogP) is 5.11. The maximum atomic E-state index is 13.9. The van der Waals surface area contributed by atoms with Crippen LogP contribution in [0, 0.1) is 6.92 Å². The highest BCUT2D eigenvalue weighted by atomic mass is 32.2. The summed E-state index contributed by atoms with van der Waals surface area (Å²) in [6.45, 7) is 2.72. The van der Waals surface area contributed by atoms with Crippen LogP contribution in [0.3, 0.4) is 0 Å². The van der Waals surface area contributed by atoms with E-state index in [0.717, 1.165) is 16.0 Å². The van der Waals surface area contributed by atoms with E-state index in [4.69, 9.17) is 4.98 Å². The third-order valence-electron chi connectivity index (χ3n) is 6.56. The summed E-state index contributed by atoms with van der Waals surface area (Å²) in [6.07, 6.45) is 2.46. The number of thioether (sulfide) groups is 1. The number of carbonyl (C=O) groups is 1. The number of rotatable bonds is 5. The molecule has 0 fully saturated rings. The second-order valence-electron chi connectivity index (χ2n) is 8.66. The molecule has 1 aliphatic heterocycles. The van der Waals surface area contributed by atoms with Crippen LogP contribution in [0.15, 0.2) is 94.6 Å². The summed E-state index contributed by atoms with van der Waals surface area (Å²) in [5.41, 5.74) is 4.14. The van der Waals surface area contributed by atoms with Crippen molar-refractivity contribution in [2.24, 2.45) is 0 Å². The normalized spacial score (nSPS) is 13.1. The van der Waals surface area contributed by atoms with E-state index in [-0.39, 0.29) is 17.5 Å².